The Bertz CT molecular complexity index is 1480. The number of hydrogen-bond acceptors (Lipinski definition) is 5. The van der Waals surface area contributed by atoms with Crippen molar-refractivity contribution >= 4 is 34.3 Å². The third-order valence-corrected chi connectivity index (χ3v) is 7.30. The zero-order valence-electron chi connectivity index (χ0n) is 20.6. The Morgan fingerprint density at radius 1 is 1.19 bits per heavy atom. The highest BCUT2D eigenvalue weighted by atomic mass is 35.5. The number of benzene rings is 2. The summed E-state index contributed by atoms with van der Waals surface area (Å²) in [5.41, 5.74) is 19.0. The predicted molar refractivity (Wildman–Crippen MR) is 147 cm³/mol. The molecule has 0 aliphatic heterocycles. The largest absolute Gasteiger partial charge is 0.392 e. The normalized spacial score (nSPS) is 18.4. The molecule has 0 radical (unpaired) electrons. The summed E-state index contributed by atoms with van der Waals surface area (Å²) in [6.45, 7) is 2.00. The van der Waals surface area contributed by atoms with Crippen LogP contribution in [0.5, 0.6) is 0 Å². The monoisotopic (exact) mass is 520 g/mol. The number of aryl methyl sites for hydroxylation is 1. The first-order valence-corrected chi connectivity index (χ1v) is 12.7. The number of fused-ring (bicyclic) bond motifs is 1. The molecule has 0 unspecified atom stereocenters. The number of nitrogens with two attached hydrogens (primary N) is 2. The van der Waals surface area contributed by atoms with E-state index in [1.165, 1.54) is 18.2 Å². The van der Waals surface area contributed by atoms with Crippen LogP contribution < -0.4 is 16.8 Å². The highest BCUT2D eigenvalue weighted by Gasteiger charge is 2.22. The highest BCUT2D eigenvalue weighted by molar-refractivity contribution is 6.33. The lowest BCUT2D eigenvalue weighted by Gasteiger charge is -2.28. The first kappa shape index (κ1) is 25.2. The summed E-state index contributed by atoms with van der Waals surface area (Å²) in [5, 5.41) is 18.2. The molecule has 9 heteroatoms. The van der Waals surface area contributed by atoms with Crippen molar-refractivity contribution in [3.05, 3.63) is 82.4 Å². The van der Waals surface area contributed by atoms with Gasteiger partial charge in [-0.2, -0.15) is 5.10 Å². The van der Waals surface area contributed by atoms with E-state index < -0.39 is 5.82 Å². The molecular formula is C28H30ClFN6O. The van der Waals surface area contributed by atoms with Crippen LogP contribution in [0.1, 0.15) is 42.4 Å². The number of amidine groups is 1. The molecule has 0 amide bonds. The van der Waals surface area contributed by atoms with Gasteiger partial charge in [-0.1, -0.05) is 23.7 Å². The van der Waals surface area contributed by atoms with Crippen LogP contribution in [0.4, 0.5) is 15.8 Å². The van der Waals surface area contributed by atoms with E-state index in [0.717, 1.165) is 59.1 Å². The number of rotatable bonds is 6. The number of anilines is 1. The lowest BCUT2D eigenvalue weighted by Crippen LogP contribution is -2.33. The van der Waals surface area contributed by atoms with Gasteiger partial charge in [0.05, 0.1) is 40.3 Å². The van der Waals surface area contributed by atoms with Gasteiger partial charge in [-0.15, -0.1) is 0 Å². The average molecular weight is 521 g/mol. The van der Waals surface area contributed by atoms with Gasteiger partial charge in [0, 0.05) is 29.9 Å². The minimum Gasteiger partial charge on any atom is -0.392 e. The number of aliphatic hydroxyl groups excluding tert-OH is 1. The number of aromatic nitrogens is 2. The lowest BCUT2D eigenvalue weighted by molar-refractivity contribution is 0.282. The van der Waals surface area contributed by atoms with Crippen LogP contribution in [0.25, 0.3) is 16.6 Å². The molecule has 5 rings (SSSR count). The van der Waals surface area contributed by atoms with Crippen molar-refractivity contribution in [2.45, 2.75) is 51.3 Å². The maximum absolute atomic E-state index is 13.9. The van der Waals surface area contributed by atoms with Gasteiger partial charge in [0.1, 0.15) is 11.7 Å². The van der Waals surface area contributed by atoms with E-state index in [0.29, 0.717) is 10.6 Å². The summed E-state index contributed by atoms with van der Waals surface area (Å²) in [6.07, 6.45) is 7.38. The Balaban J connectivity index is 1.63. The maximum atomic E-state index is 13.9. The van der Waals surface area contributed by atoms with Crippen molar-refractivity contribution in [1.29, 1.82) is 0 Å². The van der Waals surface area contributed by atoms with Crippen LogP contribution in [-0.2, 0) is 6.61 Å². The zero-order chi connectivity index (χ0) is 26.1. The minimum atomic E-state index is -0.446. The molecule has 0 atom stereocenters. The van der Waals surface area contributed by atoms with Crippen LogP contribution >= 0.6 is 11.6 Å². The molecule has 7 nitrogen and oxygen atoms in total. The van der Waals surface area contributed by atoms with Crippen LogP contribution in [-0.4, -0.2) is 32.6 Å². The summed E-state index contributed by atoms with van der Waals surface area (Å²) < 4.78 is 15.7. The quantitative estimate of drug-likeness (QED) is 0.203. The van der Waals surface area contributed by atoms with Gasteiger partial charge in [-0.25, -0.2) is 13.9 Å². The second-order valence-corrected chi connectivity index (χ2v) is 10.1. The fraction of sp³-hybridized carbons (Fsp3) is 0.286. The van der Waals surface area contributed by atoms with E-state index in [-0.39, 0.29) is 30.2 Å². The van der Waals surface area contributed by atoms with Crippen LogP contribution in [0.3, 0.4) is 0 Å². The molecule has 1 aliphatic carbocycles. The molecule has 37 heavy (non-hydrogen) atoms. The second kappa shape index (κ2) is 10.5. The Hall–Kier alpha value is -3.46. The predicted octanol–water partition coefficient (Wildman–Crippen LogP) is 5.31. The molecule has 4 aromatic rings. The molecule has 0 bridgehead atoms. The molecule has 0 spiro atoms. The smallest absolute Gasteiger partial charge is 0.135 e. The van der Waals surface area contributed by atoms with Gasteiger partial charge < -0.3 is 21.9 Å². The summed E-state index contributed by atoms with van der Waals surface area (Å²) in [7, 11) is 0. The molecule has 1 saturated carbocycles. The SMILES string of the molecule is Cc1ccc(CO)cc1-c1cc2c(NC3CCC(N)CC3)c(C(N)=Nc3cc(F)ccc3Cl)cnn2c1. The number of aliphatic hydroxyl groups is 1. The fourth-order valence-corrected chi connectivity index (χ4v) is 5.02. The van der Waals surface area contributed by atoms with E-state index in [1.54, 1.807) is 6.20 Å². The Labute approximate surface area is 220 Å². The number of hydrogen-bond donors (Lipinski definition) is 4. The highest BCUT2D eigenvalue weighted by Crippen LogP contribution is 2.33. The first-order valence-electron chi connectivity index (χ1n) is 12.4. The minimum absolute atomic E-state index is 0.0324. The third kappa shape index (κ3) is 5.32. The van der Waals surface area contributed by atoms with Gasteiger partial charge in [-0.3, -0.25) is 0 Å². The molecule has 0 saturated heterocycles. The van der Waals surface area contributed by atoms with Gasteiger partial charge >= 0.3 is 0 Å². The number of nitrogens with one attached hydrogen (secondary N) is 1. The Kier molecular flexibility index (Phi) is 7.15. The Morgan fingerprint density at radius 2 is 1.97 bits per heavy atom. The lowest BCUT2D eigenvalue weighted by atomic mass is 9.91. The molecule has 2 aromatic carbocycles. The van der Waals surface area contributed by atoms with Gasteiger partial charge in [-0.05, 0) is 73.6 Å². The van der Waals surface area contributed by atoms with E-state index in [2.05, 4.69) is 21.5 Å². The van der Waals surface area contributed by atoms with Crippen molar-refractivity contribution in [3.8, 4) is 11.1 Å². The van der Waals surface area contributed by atoms with Crippen molar-refractivity contribution in [3.63, 3.8) is 0 Å². The van der Waals surface area contributed by atoms with Gasteiger partial charge in [0.2, 0.25) is 0 Å². The van der Waals surface area contributed by atoms with Crippen LogP contribution in [0, 0.1) is 12.7 Å². The fourth-order valence-electron chi connectivity index (χ4n) is 4.86. The van der Waals surface area contributed by atoms with Crippen molar-refractivity contribution in [2.24, 2.45) is 16.5 Å². The van der Waals surface area contributed by atoms with E-state index in [4.69, 9.17) is 23.1 Å². The van der Waals surface area contributed by atoms with Crippen molar-refractivity contribution in [1.82, 2.24) is 9.61 Å². The third-order valence-electron chi connectivity index (χ3n) is 6.98. The Morgan fingerprint density at radius 3 is 2.73 bits per heavy atom. The molecule has 192 valence electrons. The van der Waals surface area contributed by atoms with E-state index in [9.17, 15) is 9.50 Å². The van der Waals surface area contributed by atoms with Crippen LogP contribution in [0.15, 0.2) is 59.9 Å². The summed E-state index contributed by atoms with van der Waals surface area (Å²) in [6, 6.07) is 12.4. The van der Waals surface area contributed by atoms with Gasteiger partial charge in [0.15, 0.2) is 0 Å². The van der Waals surface area contributed by atoms with Crippen molar-refractivity contribution < 1.29 is 9.50 Å². The second-order valence-electron chi connectivity index (χ2n) is 9.65. The number of nitrogens with zero attached hydrogens (tertiary/aromatic N) is 3. The number of aliphatic imine (C=N–C) groups is 1. The first-order chi connectivity index (χ1) is 17.8. The molecule has 2 aromatic heterocycles. The molecule has 2 heterocycles. The summed E-state index contributed by atoms with van der Waals surface area (Å²) in [5.74, 6) is -0.267. The molecule has 1 fully saturated rings. The van der Waals surface area contributed by atoms with E-state index >= 15 is 0 Å². The summed E-state index contributed by atoms with van der Waals surface area (Å²) in [4.78, 5) is 4.45. The standard InChI is InChI=1S/C28H30ClFN6O/c1-16-2-3-17(15-37)10-22(16)18-11-26-27(34-21-7-5-20(31)6-8-21)23(13-33-36(26)14-18)28(32)35-25-12-19(30)4-9-24(25)29/h2-4,9-14,20-21,34,37H,5-8,15,31H2,1H3,(H2,32,35). The molecule has 6 N–H and O–H groups in total. The van der Waals surface area contributed by atoms with Gasteiger partial charge in [0.25, 0.3) is 0 Å². The topological polar surface area (TPSA) is 114 Å². The number of halogens is 2. The summed E-state index contributed by atoms with van der Waals surface area (Å²) >= 11 is 6.25. The van der Waals surface area contributed by atoms with Crippen molar-refractivity contribution in [2.75, 3.05) is 5.32 Å². The maximum Gasteiger partial charge on any atom is 0.135 e. The molecule has 1 aliphatic rings. The average Bonchev–Trinajstić information content (AvgIpc) is 3.32. The zero-order valence-corrected chi connectivity index (χ0v) is 21.3. The molecular weight excluding hydrogens is 491 g/mol. The van der Waals surface area contributed by atoms with E-state index in [1.807, 2.05) is 35.8 Å². The van der Waals surface area contributed by atoms with Crippen LogP contribution in [0.2, 0.25) is 5.02 Å².